The van der Waals surface area contributed by atoms with Gasteiger partial charge in [0.25, 0.3) is 0 Å². The molecular formula is C7H11NO3. The summed E-state index contributed by atoms with van der Waals surface area (Å²) in [6.07, 6.45) is 1.56. The molecule has 1 rings (SSSR count). The predicted molar refractivity (Wildman–Crippen MR) is 38.0 cm³/mol. The van der Waals surface area contributed by atoms with Crippen LogP contribution in [0.25, 0.3) is 0 Å². The third-order valence-corrected chi connectivity index (χ3v) is 1.82. The molecule has 1 unspecified atom stereocenters. The lowest BCUT2D eigenvalue weighted by molar-refractivity contribution is -0.141. The first-order chi connectivity index (χ1) is 5.20. The van der Waals surface area contributed by atoms with Gasteiger partial charge in [-0.1, -0.05) is 0 Å². The van der Waals surface area contributed by atoms with Gasteiger partial charge in [-0.3, -0.25) is 9.59 Å². The standard InChI is InChI=1S/C7H11NO3/c9-6(10)4-5-2-1-3-8-7(5)11/h5H,1-4H2,(H,8,11)(H,9,10). The highest BCUT2D eigenvalue weighted by molar-refractivity contribution is 5.83. The van der Waals surface area contributed by atoms with Crippen LogP contribution >= 0.6 is 0 Å². The number of hydrogen-bond acceptors (Lipinski definition) is 2. The SMILES string of the molecule is O=C(O)CC1CCCNC1=O. The fourth-order valence-electron chi connectivity index (χ4n) is 1.24. The Hall–Kier alpha value is -1.06. The molecule has 1 atom stereocenters. The summed E-state index contributed by atoms with van der Waals surface area (Å²) in [7, 11) is 0. The summed E-state index contributed by atoms with van der Waals surface area (Å²) in [5, 5.41) is 11.0. The van der Waals surface area contributed by atoms with Gasteiger partial charge in [-0.05, 0) is 12.8 Å². The largest absolute Gasteiger partial charge is 0.481 e. The number of nitrogens with one attached hydrogen (secondary N) is 1. The highest BCUT2D eigenvalue weighted by Crippen LogP contribution is 2.14. The molecule has 0 radical (unpaired) electrons. The third kappa shape index (κ3) is 2.22. The monoisotopic (exact) mass is 157 g/mol. The summed E-state index contributed by atoms with van der Waals surface area (Å²) < 4.78 is 0. The van der Waals surface area contributed by atoms with Gasteiger partial charge in [-0.15, -0.1) is 0 Å². The van der Waals surface area contributed by atoms with Crippen LogP contribution in [0.1, 0.15) is 19.3 Å². The van der Waals surface area contributed by atoms with E-state index in [0.717, 1.165) is 6.42 Å². The Morgan fingerprint density at radius 3 is 3.00 bits per heavy atom. The molecule has 1 amide bonds. The molecule has 0 aromatic heterocycles. The number of carbonyl (C=O) groups excluding carboxylic acids is 1. The Kier molecular flexibility index (Phi) is 2.46. The van der Waals surface area contributed by atoms with Crippen LogP contribution in [-0.4, -0.2) is 23.5 Å². The summed E-state index contributed by atoms with van der Waals surface area (Å²) in [6.45, 7) is 0.689. The number of carbonyl (C=O) groups is 2. The van der Waals surface area contributed by atoms with Gasteiger partial charge in [0.2, 0.25) is 5.91 Å². The minimum absolute atomic E-state index is 0.0359. The number of carboxylic acids is 1. The van der Waals surface area contributed by atoms with Crippen LogP contribution in [0.4, 0.5) is 0 Å². The molecule has 4 nitrogen and oxygen atoms in total. The molecule has 4 heteroatoms. The number of aliphatic carboxylic acids is 1. The van der Waals surface area contributed by atoms with Crippen molar-refractivity contribution in [2.75, 3.05) is 6.54 Å². The molecule has 0 aliphatic carbocycles. The van der Waals surface area contributed by atoms with Crippen LogP contribution in [0.3, 0.4) is 0 Å². The van der Waals surface area contributed by atoms with Crippen molar-refractivity contribution in [3.63, 3.8) is 0 Å². The van der Waals surface area contributed by atoms with E-state index in [0.29, 0.717) is 13.0 Å². The van der Waals surface area contributed by atoms with Crippen molar-refractivity contribution in [2.24, 2.45) is 5.92 Å². The molecule has 0 saturated carbocycles. The molecule has 11 heavy (non-hydrogen) atoms. The average Bonchev–Trinajstić information content (AvgIpc) is 1.93. The Balaban J connectivity index is 2.42. The quantitative estimate of drug-likeness (QED) is 0.592. The maximum atomic E-state index is 11.0. The van der Waals surface area contributed by atoms with Crippen LogP contribution < -0.4 is 5.32 Å². The minimum Gasteiger partial charge on any atom is -0.481 e. The number of carboxylic acid groups (broad SMARTS) is 1. The lowest BCUT2D eigenvalue weighted by Gasteiger charge is -2.19. The fraction of sp³-hybridized carbons (Fsp3) is 0.714. The van der Waals surface area contributed by atoms with E-state index in [1.165, 1.54) is 0 Å². The first-order valence-corrected chi connectivity index (χ1v) is 3.69. The normalized spacial score (nSPS) is 24.4. The Bertz CT molecular complexity index is 179. The van der Waals surface area contributed by atoms with E-state index in [-0.39, 0.29) is 18.2 Å². The van der Waals surface area contributed by atoms with Gasteiger partial charge in [0.15, 0.2) is 0 Å². The third-order valence-electron chi connectivity index (χ3n) is 1.82. The molecular weight excluding hydrogens is 146 g/mol. The van der Waals surface area contributed by atoms with E-state index in [1.807, 2.05) is 0 Å². The predicted octanol–water partition coefficient (Wildman–Crippen LogP) is -0.0127. The topological polar surface area (TPSA) is 66.4 Å². The summed E-state index contributed by atoms with van der Waals surface area (Å²) in [6, 6.07) is 0. The number of amides is 1. The van der Waals surface area contributed by atoms with Crippen LogP contribution in [0.2, 0.25) is 0 Å². The zero-order valence-electron chi connectivity index (χ0n) is 6.17. The van der Waals surface area contributed by atoms with Gasteiger partial charge in [0, 0.05) is 12.5 Å². The fourth-order valence-corrected chi connectivity index (χ4v) is 1.24. The lowest BCUT2D eigenvalue weighted by atomic mass is 9.95. The van der Waals surface area contributed by atoms with Crippen molar-refractivity contribution in [3.05, 3.63) is 0 Å². The zero-order chi connectivity index (χ0) is 8.27. The van der Waals surface area contributed by atoms with Gasteiger partial charge in [-0.25, -0.2) is 0 Å². The summed E-state index contributed by atoms with van der Waals surface area (Å²) in [5.74, 6) is -1.31. The molecule has 0 aromatic rings. The van der Waals surface area contributed by atoms with Gasteiger partial charge >= 0.3 is 5.97 Å². The van der Waals surface area contributed by atoms with Crippen molar-refractivity contribution in [1.29, 1.82) is 0 Å². The second-order valence-electron chi connectivity index (χ2n) is 2.73. The lowest BCUT2D eigenvalue weighted by Crippen LogP contribution is -2.37. The first-order valence-electron chi connectivity index (χ1n) is 3.69. The van der Waals surface area contributed by atoms with Crippen molar-refractivity contribution < 1.29 is 14.7 Å². The van der Waals surface area contributed by atoms with Crippen molar-refractivity contribution >= 4 is 11.9 Å². The van der Waals surface area contributed by atoms with Crippen molar-refractivity contribution in [3.8, 4) is 0 Å². The molecule has 1 aliphatic heterocycles. The van der Waals surface area contributed by atoms with Gasteiger partial charge in [-0.2, -0.15) is 0 Å². The molecule has 0 aromatic carbocycles. The first kappa shape index (κ1) is 8.04. The zero-order valence-corrected chi connectivity index (χ0v) is 6.17. The highest BCUT2D eigenvalue weighted by atomic mass is 16.4. The second kappa shape index (κ2) is 3.37. The van der Waals surface area contributed by atoms with Crippen molar-refractivity contribution in [1.82, 2.24) is 5.32 Å². The van der Waals surface area contributed by atoms with E-state index in [9.17, 15) is 9.59 Å². The van der Waals surface area contributed by atoms with Crippen molar-refractivity contribution in [2.45, 2.75) is 19.3 Å². The molecule has 0 bridgehead atoms. The van der Waals surface area contributed by atoms with E-state index < -0.39 is 5.97 Å². The van der Waals surface area contributed by atoms with Gasteiger partial charge in [0.1, 0.15) is 0 Å². The van der Waals surface area contributed by atoms with Crippen LogP contribution in [0, 0.1) is 5.92 Å². The van der Waals surface area contributed by atoms with Crippen LogP contribution in [0.15, 0.2) is 0 Å². The second-order valence-corrected chi connectivity index (χ2v) is 2.73. The Morgan fingerprint density at radius 1 is 1.73 bits per heavy atom. The molecule has 1 aliphatic rings. The summed E-state index contributed by atoms with van der Waals surface area (Å²) >= 11 is 0. The average molecular weight is 157 g/mol. The molecule has 2 N–H and O–H groups in total. The molecule has 1 saturated heterocycles. The number of piperidine rings is 1. The Morgan fingerprint density at radius 2 is 2.45 bits per heavy atom. The number of hydrogen-bond donors (Lipinski definition) is 2. The van der Waals surface area contributed by atoms with E-state index in [4.69, 9.17) is 5.11 Å². The van der Waals surface area contributed by atoms with E-state index in [2.05, 4.69) is 5.32 Å². The molecule has 62 valence electrons. The van der Waals surface area contributed by atoms with E-state index >= 15 is 0 Å². The smallest absolute Gasteiger partial charge is 0.304 e. The maximum absolute atomic E-state index is 11.0. The van der Waals surface area contributed by atoms with Gasteiger partial charge in [0.05, 0.1) is 6.42 Å². The van der Waals surface area contributed by atoms with E-state index in [1.54, 1.807) is 0 Å². The Labute approximate surface area is 64.6 Å². The van der Waals surface area contributed by atoms with Gasteiger partial charge < -0.3 is 10.4 Å². The molecule has 1 heterocycles. The summed E-state index contributed by atoms with van der Waals surface area (Å²) in [4.78, 5) is 21.2. The molecule has 0 spiro atoms. The minimum atomic E-state index is -0.896. The molecule has 1 fully saturated rings. The highest BCUT2D eigenvalue weighted by Gasteiger charge is 2.23. The van der Waals surface area contributed by atoms with Crippen LogP contribution in [0.5, 0.6) is 0 Å². The number of rotatable bonds is 2. The summed E-state index contributed by atoms with van der Waals surface area (Å²) in [5.41, 5.74) is 0. The maximum Gasteiger partial charge on any atom is 0.304 e. The van der Waals surface area contributed by atoms with Crippen LogP contribution in [-0.2, 0) is 9.59 Å².